The summed E-state index contributed by atoms with van der Waals surface area (Å²) in [6.45, 7) is 0.464. The summed E-state index contributed by atoms with van der Waals surface area (Å²) in [5.41, 5.74) is 5.52. The predicted octanol–water partition coefficient (Wildman–Crippen LogP) is 6.64. The molecule has 0 bridgehead atoms. The van der Waals surface area contributed by atoms with Crippen molar-refractivity contribution in [1.29, 1.82) is 0 Å². The Hall–Kier alpha value is -2.96. The van der Waals surface area contributed by atoms with Gasteiger partial charge in [-0.15, -0.1) is 0 Å². The van der Waals surface area contributed by atoms with Crippen molar-refractivity contribution in [2.75, 3.05) is 0 Å². The van der Waals surface area contributed by atoms with Crippen LogP contribution in [0.25, 0.3) is 10.8 Å². The second-order valence-corrected chi connectivity index (χ2v) is 8.97. The summed E-state index contributed by atoms with van der Waals surface area (Å²) in [6.07, 6.45) is 1.90. The van der Waals surface area contributed by atoms with Crippen molar-refractivity contribution in [1.82, 2.24) is 5.43 Å². The van der Waals surface area contributed by atoms with Gasteiger partial charge in [-0.05, 0) is 58.3 Å². The number of nitrogens with one attached hydrogen (secondary N) is 1. The lowest BCUT2D eigenvalue weighted by Gasteiger charge is -2.08. The van der Waals surface area contributed by atoms with Gasteiger partial charge in [-0.1, -0.05) is 80.4 Å². The van der Waals surface area contributed by atoms with Crippen molar-refractivity contribution in [3.63, 3.8) is 0 Å². The molecule has 0 radical (unpaired) electrons. The average Bonchev–Trinajstić information content (AvgIpc) is 2.80. The lowest BCUT2D eigenvalue weighted by molar-refractivity contribution is -0.120. The summed E-state index contributed by atoms with van der Waals surface area (Å²) in [6, 6.07) is 27.6. The van der Waals surface area contributed by atoms with E-state index in [9.17, 15) is 4.79 Å². The Morgan fingerprint density at radius 3 is 2.50 bits per heavy atom. The number of halogens is 2. The molecule has 0 atom stereocenters. The quantitative estimate of drug-likeness (QED) is 0.207. The van der Waals surface area contributed by atoms with Crippen molar-refractivity contribution in [2.24, 2.45) is 5.10 Å². The molecule has 0 aliphatic heterocycles. The fraction of sp³-hybridized carbons (Fsp3) is 0.0769. The Morgan fingerprint density at radius 1 is 0.906 bits per heavy atom. The SMILES string of the molecule is O=C(Cc1cccc2ccccc12)N/N=C\c1ccc(OCc2ccc(Br)cc2Br)cc1. The lowest BCUT2D eigenvalue weighted by atomic mass is 10.0. The third-order valence-electron chi connectivity index (χ3n) is 4.92. The Bertz CT molecular complexity index is 1270. The zero-order valence-corrected chi connectivity index (χ0v) is 20.3. The van der Waals surface area contributed by atoms with Crippen LogP contribution in [-0.2, 0) is 17.8 Å². The number of hydrogen-bond acceptors (Lipinski definition) is 3. The first kappa shape index (κ1) is 22.2. The van der Waals surface area contributed by atoms with Gasteiger partial charge in [0.05, 0.1) is 12.6 Å². The van der Waals surface area contributed by atoms with Crippen LogP contribution in [-0.4, -0.2) is 12.1 Å². The summed E-state index contributed by atoms with van der Waals surface area (Å²) >= 11 is 6.99. The van der Waals surface area contributed by atoms with Crippen LogP contribution in [0.5, 0.6) is 5.75 Å². The van der Waals surface area contributed by atoms with Crippen molar-refractivity contribution >= 4 is 54.8 Å². The minimum atomic E-state index is -0.155. The number of fused-ring (bicyclic) bond motifs is 1. The van der Waals surface area contributed by atoms with E-state index in [2.05, 4.69) is 42.4 Å². The molecule has 4 rings (SSSR count). The second-order valence-electron chi connectivity index (χ2n) is 7.20. The van der Waals surface area contributed by atoms with E-state index in [0.29, 0.717) is 6.61 Å². The molecular weight excluding hydrogens is 532 g/mol. The first-order valence-corrected chi connectivity index (χ1v) is 11.6. The summed E-state index contributed by atoms with van der Waals surface area (Å²) in [7, 11) is 0. The van der Waals surface area contributed by atoms with E-state index in [1.165, 1.54) is 0 Å². The molecule has 0 unspecified atom stereocenters. The number of carbonyl (C=O) groups is 1. The number of hydrazone groups is 1. The standard InChI is InChI=1S/C26H20Br2N2O2/c27-22-11-10-21(25(28)15-22)17-32-23-12-8-18(9-13-23)16-29-30-26(31)14-20-6-3-5-19-4-1-2-7-24(19)20/h1-13,15-16H,14,17H2,(H,30,31)/b29-16-. The van der Waals surface area contributed by atoms with E-state index < -0.39 is 0 Å². The van der Waals surface area contributed by atoms with Crippen LogP contribution in [0, 0.1) is 0 Å². The van der Waals surface area contributed by atoms with Crippen LogP contribution in [0.3, 0.4) is 0 Å². The molecule has 0 saturated carbocycles. The molecule has 0 saturated heterocycles. The van der Waals surface area contributed by atoms with Crippen LogP contribution in [0.15, 0.2) is 99.0 Å². The Balaban J connectivity index is 1.30. The fourth-order valence-corrected chi connectivity index (χ4v) is 4.45. The Kier molecular flexibility index (Phi) is 7.35. The lowest BCUT2D eigenvalue weighted by Crippen LogP contribution is -2.19. The number of amides is 1. The highest BCUT2D eigenvalue weighted by molar-refractivity contribution is 9.11. The van der Waals surface area contributed by atoms with E-state index in [0.717, 1.165) is 42.2 Å². The van der Waals surface area contributed by atoms with Crippen LogP contribution < -0.4 is 10.2 Å². The minimum absolute atomic E-state index is 0.155. The normalized spacial score (nSPS) is 11.1. The van der Waals surface area contributed by atoms with Gasteiger partial charge in [-0.25, -0.2) is 5.43 Å². The molecule has 4 aromatic carbocycles. The zero-order valence-electron chi connectivity index (χ0n) is 17.1. The Morgan fingerprint density at radius 2 is 1.69 bits per heavy atom. The zero-order chi connectivity index (χ0) is 22.3. The molecule has 1 amide bonds. The van der Waals surface area contributed by atoms with Gasteiger partial charge in [0.15, 0.2) is 0 Å². The van der Waals surface area contributed by atoms with E-state index in [1.54, 1.807) is 6.21 Å². The highest BCUT2D eigenvalue weighted by Crippen LogP contribution is 2.23. The van der Waals surface area contributed by atoms with Gasteiger partial charge >= 0.3 is 0 Å². The highest BCUT2D eigenvalue weighted by atomic mass is 79.9. The molecule has 0 aromatic heterocycles. The second kappa shape index (κ2) is 10.6. The van der Waals surface area contributed by atoms with Crippen LogP contribution in [0.4, 0.5) is 0 Å². The molecule has 1 N–H and O–H groups in total. The number of benzene rings is 4. The molecule has 6 heteroatoms. The molecule has 0 heterocycles. The van der Waals surface area contributed by atoms with Gasteiger partial charge in [-0.2, -0.15) is 5.10 Å². The summed E-state index contributed by atoms with van der Waals surface area (Å²) in [5.74, 6) is 0.606. The number of nitrogens with zero attached hydrogens (tertiary/aromatic N) is 1. The summed E-state index contributed by atoms with van der Waals surface area (Å²) in [5, 5.41) is 6.29. The number of carbonyl (C=O) groups excluding carboxylic acids is 1. The molecule has 160 valence electrons. The molecule has 4 aromatic rings. The molecule has 0 aliphatic rings. The number of hydrogen-bond donors (Lipinski definition) is 1. The molecule has 4 nitrogen and oxygen atoms in total. The maximum absolute atomic E-state index is 12.3. The third kappa shape index (κ3) is 5.84. The van der Waals surface area contributed by atoms with Crippen molar-refractivity contribution in [2.45, 2.75) is 13.0 Å². The van der Waals surface area contributed by atoms with Crippen LogP contribution in [0.1, 0.15) is 16.7 Å². The predicted molar refractivity (Wildman–Crippen MR) is 136 cm³/mol. The maximum atomic E-state index is 12.3. The summed E-state index contributed by atoms with van der Waals surface area (Å²) in [4.78, 5) is 12.3. The van der Waals surface area contributed by atoms with Crippen molar-refractivity contribution in [3.05, 3.63) is 111 Å². The van der Waals surface area contributed by atoms with E-state index in [-0.39, 0.29) is 12.3 Å². The molecule has 32 heavy (non-hydrogen) atoms. The minimum Gasteiger partial charge on any atom is -0.489 e. The molecule has 0 aliphatic carbocycles. The molecule has 0 fully saturated rings. The van der Waals surface area contributed by atoms with Crippen molar-refractivity contribution in [3.8, 4) is 5.75 Å². The van der Waals surface area contributed by atoms with Crippen LogP contribution >= 0.6 is 31.9 Å². The first-order valence-electron chi connectivity index (χ1n) is 10.0. The van der Waals surface area contributed by atoms with Gasteiger partial charge in [0.2, 0.25) is 5.91 Å². The van der Waals surface area contributed by atoms with Gasteiger partial charge < -0.3 is 4.74 Å². The monoisotopic (exact) mass is 550 g/mol. The number of rotatable bonds is 7. The number of ether oxygens (including phenoxy) is 1. The fourth-order valence-electron chi connectivity index (χ4n) is 3.29. The smallest absolute Gasteiger partial charge is 0.244 e. The third-order valence-corrected chi connectivity index (χ3v) is 6.15. The molecule has 0 spiro atoms. The van der Waals surface area contributed by atoms with Crippen LogP contribution in [0.2, 0.25) is 0 Å². The topological polar surface area (TPSA) is 50.7 Å². The summed E-state index contributed by atoms with van der Waals surface area (Å²) < 4.78 is 7.86. The van der Waals surface area contributed by atoms with E-state index >= 15 is 0 Å². The highest BCUT2D eigenvalue weighted by Gasteiger charge is 2.06. The van der Waals surface area contributed by atoms with Gasteiger partial charge in [0, 0.05) is 14.5 Å². The average molecular weight is 552 g/mol. The first-order chi connectivity index (χ1) is 15.6. The van der Waals surface area contributed by atoms with E-state index in [4.69, 9.17) is 4.74 Å². The van der Waals surface area contributed by atoms with Gasteiger partial charge in [0.25, 0.3) is 0 Å². The van der Waals surface area contributed by atoms with Gasteiger partial charge in [0.1, 0.15) is 12.4 Å². The van der Waals surface area contributed by atoms with Gasteiger partial charge in [-0.3, -0.25) is 4.79 Å². The Labute approximate surface area is 203 Å². The maximum Gasteiger partial charge on any atom is 0.244 e. The van der Waals surface area contributed by atoms with E-state index in [1.807, 2.05) is 84.9 Å². The molecular formula is C26H20Br2N2O2. The van der Waals surface area contributed by atoms with Crippen molar-refractivity contribution < 1.29 is 9.53 Å². The largest absolute Gasteiger partial charge is 0.489 e.